The van der Waals surface area contributed by atoms with Crippen LogP contribution in [0, 0.1) is 11.3 Å². The molecule has 1 unspecified atom stereocenters. The summed E-state index contributed by atoms with van der Waals surface area (Å²) in [4.78, 5) is 0. The zero-order valence-corrected chi connectivity index (χ0v) is 11.1. The molecule has 3 nitrogen and oxygen atoms in total. The van der Waals surface area contributed by atoms with Gasteiger partial charge < -0.3 is 10.1 Å². The van der Waals surface area contributed by atoms with Crippen LogP contribution in [0.3, 0.4) is 0 Å². The van der Waals surface area contributed by atoms with Gasteiger partial charge in [-0.1, -0.05) is 11.6 Å². The van der Waals surface area contributed by atoms with Crippen LogP contribution >= 0.6 is 11.6 Å². The van der Waals surface area contributed by atoms with Crippen LogP contribution in [0.4, 0.5) is 5.69 Å². The fourth-order valence-corrected chi connectivity index (χ4v) is 1.58. The van der Waals surface area contributed by atoms with E-state index in [0.717, 1.165) is 5.69 Å². The Morgan fingerprint density at radius 3 is 2.47 bits per heavy atom. The van der Waals surface area contributed by atoms with Gasteiger partial charge in [0.1, 0.15) is 6.04 Å². The zero-order valence-electron chi connectivity index (χ0n) is 10.3. The maximum atomic E-state index is 9.11. The second kappa shape index (κ2) is 5.90. The lowest BCUT2D eigenvalue weighted by Crippen LogP contribution is -2.32. The molecule has 1 atom stereocenters. The number of rotatable bonds is 5. The van der Waals surface area contributed by atoms with Crippen molar-refractivity contribution in [3.63, 3.8) is 0 Å². The van der Waals surface area contributed by atoms with Crippen LogP contribution in [-0.4, -0.2) is 18.8 Å². The Morgan fingerprint density at radius 1 is 1.41 bits per heavy atom. The Bertz CT molecular complexity index is 395. The maximum Gasteiger partial charge on any atom is 0.117 e. The number of hydrogen-bond acceptors (Lipinski definition) is 3. The zero-order chi connectivity index (χ0) is 12.9. The predicted octanol–water partition coefficient (Wildman–Crippen LogP) is 3.46. The average Bonchev–Trinajstić information content (AvgIpc) is 2.31. The summed E-state index contributed by atoms with van der Waals surface area (Å²) in [5.74, 6) is 0. The highest BCUT2D eigenvalue weighted by Gasteiger charge is 2.22. The number of nitriles is 1. The number of ether oxygens (including phenoxy) is 1. The van der Waals surface area contributed by atoms with Crippen LogP contribution in [0.5, 0.6) is 0 Å². The van der Waals surface area contributed by atoms with E-state index in [1.807, 2.05) is 26.0 Å². The summed E-state index contributed by atoms with van der Waals surface area (Å²) < 4.78 is 5.31. The van der Waals surface area contributed by atoms with E-state index in [2.05, 4.69) is 11.4 Å². The van der Waals surface area contributed by atoms with E-state index in [1.165, 1.54) is 0 Å². The summed E-state index contributed by atoms with van der Waals surface area (Å²) in [5, 5.41) is 12.9. The molecule has 92 valence electrons. The molecule has 1 N–H and O–H groups in total. The van der Waals surface area contributed by atoms with E-state index < -0.39 is 0 Å². The van der Waals surface area contributed by atoms with E-state index in [0.29, 0.717) is 11.4 Å². The van der Waals surface area contributed by atoms with Crippen molar-refractivity contribution in [2.45, 2.75) is 31.9 Å². The number of halogens is 1. The van der Waals surface area contributed by atoms with Gasteiger partial charge in [0.15, 0.2) is 0 Å². The second-order valence-electron chi connectivity index (χ2n) is 4.50. The summed E-state index contributed by atoms with van der Waals surface area (Å²) in [5.41, 5.74) is 0.563. The fraction of sp³-hybridized carbons (Fsp3) is 0.462. The van der Waals surface area contributed by atoms with Gasteiger partial charge in [-0.2, -0.15) is 5.26 Å². The van der Waals surface area contributed by atoms with Gasteiger partial charge in [0.2, 0.25) is 0 Å². The molecule has 1 aromatic carbocycles. The minimum absolute atomic E-state index is 0.286. The minimum Gasteiger partial charge on any atom is -0.379 e. The molecule has 0 radical (unpaired) electrons. The van der Waals surface area contributed by atoms with Crippen molar-refractivity contribution in [2.75, 3.05) is 12.4 Å². The van der Waals surface area contributed by atoms with Gasteiger partial charge in [-0.25, -0.2) is 0 Å². The van der Waals surface area contributed by atoms with E-state index in [9.17, 15) is 0 Å². The Labute approximate surface area is 107 Å². The van der Waals surface area contributed by atoms with Crippen molar-refractivity contribution in [3.05, 3.63) is 29.3 Å². The van der Waals surface area contributed by atoms with E-state index in [4.69, 9.17) is 21.6 Å². The highest BCUT2D eigenvalue weighted by molar-refractivity contribution is 6.30. The van der Waals surface area contributed by atoms with Crippen LogP contribution in [0.15, 0.2) is 24.3 Å². The molecule has 0 aliphatic rings. The van der Waals surface area contributed by atoms with Crippen molar-refractivity contribution in [1.29, 1.82) is 5.26 Å². The molecule has 0 heterocycles. The van der Waals surface area contributed by atoms with Gasteiger partial charge in [0, 0.05) is 24.2 Å². The quantitative estimate of drug-likeness (QED) is 0.873. The molecule has 0 amide bonds. The molecule has 0 aliphatic heterocycles. The molecular formula is C13H17ClN2O. The smallest absolute Gasteiger partial charge is 0.117 e. The first-order valence-corrected chi connectivity index (χ1v) is 5.81. The van der Waals surface area contributed by atoms with Gasteiger partial charge in [-0.15, -0.1) is 0 Å². The van der Waals surface area contributed by atoms with Crippen LogP contribution in [0.2, 0.25) is 5.02 Å². The van der Waals surface area contributed by atoms with Crippen LogP contribution in [-0.2, 0) is 4.74 Å². The normalized spacial score (nSPS) is 12.9. The maximum absolute atomic E-state index is 9.11. The van der Waals surface area contributed by atoms with E-state index >= 15 is 0 Å². The Hall–Kier alpha value is -1.24. The van der Waals surface area contributed by atoms with Gasteiger partial charge >= 0.3 is 0 Å². The molecule has 0 aliphatic carbocycles. The standard InChI is InChI=1S/C13H17ClN2O/c1-13(2,17-3)8-12(9-15)16-11-6-4-10(14)5-7-11/h4-7,12,16H,8H2,1-3H3. The number of nitrogens with one attached hydrogen (secondary N) is 1. The van der Waals surface area contributed by atoms with Crippen molar-refractivity contribution in [1.82, 2.24) is 0 Å². The molecule has 0 spiro atoms. The van der Waals surface area contributed by atoms with Gasteiger partial charge in [0.25, 0.3) is 0 Å². The number of anilines is 1. The summed E-state index contributed by atoms with van der Waals surface area (Å²) in [6.45, 7) is 3.92. The molecule has 17 heavy (non-hydrogen) atoms. The Morgan fingerprint density at radius 2 is 2.00 bits per heavy atom. The lowest BCUT2D eigenvalue weighted by molar-refractivity contribution is 0.0148. The average molecular weight is 253 g/mol. The second-order valence-corrected chi connectivity index (χ2v) is 4.94. The van der Waals surface area contributed by atoms with Crippen LogP contribution in [0.25, 0.3) is 0 Å². The first-order valence-electron chi connectivity index (χ1n) is 5.44. The number of hydrogen-bond donors (Lipinski definition) is 1. The summed E-state index contributed by atoms with van der Waals surface area (Å²) in [6, 6.07) is 9.24. The van der Waals surface area contributed by atoms with Crippen LogP contribution in [0.1, 0.15) is 20.3 Å². The molecule has 0 aromatic heterocycles. The first kappa shape index (κ1) is 13.8. The summed E-state index contributed by atoms with van der Waals surface area (Å²) in [6.07, 6.45) is 0.614. The molecule has 0 saturated heterocycles. The molecule has 4 heteroatoms. The van der Waals surface area contributed by atoms with Gasteiger partial charge in [-0.3, -0.25) is 0 Å². The van der Waals surface area contributed by atoms with Crippen molar-refractivity contribution < 1.29 is 4.74 Å². The van der Waals surface area contributed by atoms with E-state index in [1.54, 1.807) is 19.2 Å². The lowest BCUT2D eigenvalue weighted by Gasteiger charge is -2.26. The summed E-state index contributed by atoms with van der Waals surface area (Å²) in [7, 11) is 1.65. The largest absolute Gasteiger partial charge is 0.379 e. The molecule has 1 aromatic rings. The number of nitrogens with zero attached hydrogens (tertiary/aromatic N) is 1. The van der Waals surface area contributed by atoms with Crippen molar-refractivity contribution in [2.24, 2.45) is 0 Å². The molecule has 0 bridgehead atoms. The highest BCUT2D eigenvalue weighted by Crippen LogP contribution is 2.19. The highest BCUT2D eigenvalue weighted by atomic mass is 35.5. The monoisotopic (exact) mass is 252 g/mol. The first-order chi connectivity index (χ1) is 7.96. The minimum atomic E-state index is -0.320. The van der Waals surface area contributed by atoms with Crippen molar-refractivity contribution >= 4 is 17.3 Å². The Kier molecular flexibility index (Phi) is 4.80. The molecule has 0 saturated carbocycles. The lowest BCUT2D eigenvalue weighted by atomic mass is 9.99. The number of methoxy groups -OCH3 is 1. The Balaban J connectivity index is 2.65. The third kappa shape index (κ3) is 4.64. The fourth-order valence-electron chi connectivity index (χ4n) is 1.45. The third-order valence-electron chi connectivity index (χ3n) is 2.59. The third-order valence-corrected chi connectivity index (χ3v) is 2.84. The molecule has 0 fully saturated rings. The molecule has 1 rings (SSSR count). The van der Waals surface area contributed by atoms with Crippen molar-refractivity contribution in [3.8, 4) is 6.07 Å². The van der Waals surface area contributed by atoms with Crippen LogP contribution < -0.4 is 5.32 Å². The summed E-state index contributed by atoms with van der Waals surface area (Å²) >= 11 is 5.80. The van der Waals surface area contributed by atoms with Gasteiger partial charge in [-0.05, 0) is 38.1 Å². The van der Waals surface area contributed by atoms with Gasteiger partial charge in [0.05, 0.1) is 11.7 Å². The predicted molar refractivity (Wildman–Crippen MR) is 70.2 cm³/mol. The van der Waals surface area contributed by atoms with E-state index in [-0.39, 0.29) is 11.6 Å². The SMILES string of the molecule is COC(C)(C)CC(C#N)Nc1ccc(Cl)cc1. The topological polar surface area (TPSA) is 45.0 Å². The molecular weight excluding hydrogens is 236 g/mol. The number of benzene rings is 1.